The van der Waals surface area contributed by atoms with E-state index in [1.807, 2.05) is 31.2 Å². The lowest BCUT2D eigenvalue weighted by atomic mass is 10.1. The molecule has 0 aliphatic carbocycles. The number of benzene rings is 1. The van der Waals surface area contributed by atoms with E-state index in [1.54, 1.807) is 7.11 Å². The standard InChI is InChI=1S/C17H27NO3/c1-5-7-15-12-16(20-6-2)8-9-17(15)21-11-10-18-14(3)13-19-4/h5,8-9,12,14,18H,1,6-7,10-11,13H2,2-4H3. The van der Waals surface area contributed by atoms with Gasteiger partial charge in [0.15, 0.2) is 0 Å². The number of methoxy groups -OCH3 is 1. The van der Waals surface area contributed by atoms with Gasteiger partial charge < -0.3 is 19.5 Å². The molecule has 0 bridgehead atoms. The number of nitrogens with one attached hydrogen (secondary N) is 1. The molecule has 0 fully saturated rings. The van der Waals surface area contributed by atoms with Crippen LogP contribution in [-0.2, 0) is 11.2 Å². The van der Waals surface area contributed by atoms with E-state index in [9.17, 15) is 0 Å². The predicted molar refractivity (Wildman–Crippen MR) is 86.3 cm³/mol. The summed E-state index contributed by atoms with van der Waals surface area (Å²) >= 11 is 0. The number of hydrogen-bond donors (Lipinski definition) is 1. The van der Waals surface area contributed by atoms with Crippen LogP contribution in [0.25, 0.3) is 0 Å². The lowest BCUT2D eigenvalue weighted by Gasteiger charge is -2.15. The van der Waals surface area contributed by atoms with Crippen LogP contribution >= 0.6 is 0 Å². The molecule has 0 saturated heterocycles. The molecule has 118 valence electrons. The smallest absolute Gasteiger partial charge is 0.123 e. The highest BCUT2D eigenvalue weighted by Gasteiger charge is 2.05. The first kappa shape index (κ1) is 17.5. The highest BCUT2D eigenvalue weighted by Crippen LogP contribution is 2.25. The molecular weight excluding hydrogens is 266 g/mol. The second-order valence-electron chi connectivity index (χ2n) is 4.85. The van der Waals surface area contributed by atoms with Gasteiger partial charge in [0.05, 0.1) is 13.2 Å². The van der Waals surface area contributed by atoms with Crippen LogP contribution in [0.3, 0.4) is 0 Å². The Morgan fingerprint density at radius 2 is 2.14 bits per heavy atom. The van der Waals surface area contributed by atoms with Crippen LogP contribution in [0.1, 0.15) is 19.4 Å². The van der Waals surface area contributed by atoms with Crippen molar-refractivity contribution < 1.29 is 14.2 Å². The molecule has 0 aliphatic heterocycles. The Balaban J connectivity index is 2.51. The highest BCUT2D eigenvalue weighted by atomic mass is 16.5. The topological polar surface area (TPSA) is 39.7 Å². The van der Waals surface area contributed by atoms with Crippen LogP contribution in [0.15, 0.2) is 30.9 Å². The maximum atomic E-state index is 5.84. The summed E-state index contributed by atoms with van der Waals surface area (Å²) in [6.07, 6.45) is 2.64. The maximum absolute atomic E-state index is 5.84. The van der Waals surface area contributed by atoms with Crippen LogP contribution in [0.5, 0.6) is 11.5 Å². The Morgan fingerprint density at radius 3 is 2.81 bits per heavy atom. The van der Waals surface area contributed by atoms with Gasteiger partial charge in [0.25, 0.3) is 0 Å². The van der Waals surface area contributed by atoms with E-state index in [0.717, 1.165) is 30.0 Å². The van der Waals surface area contributed by atoms with Gasteiger partial charge in [-0.05, 0) is 38.5 Å². The van der Waals surface area contributed by atoms with E-state index in [0.29, 0.717) is 25.9 Å². The number of hydrogen-bond acceptors (Lipinski definition) is 4. The average molecular weight is 293 g/mol. The van der Waals surface area contributed by atoms with Gasteiger partial charge in [-0.2, -0.15) is 0 Å². The summed E-state index contributed by atoms with van der Waals surface area (Å²) in [6.45, 7) is 10.6. The molecule has 1 N–H and O–H groups in total. The molecule has 1 aromatic carbocycles. The SMILES string of the molecule is C=CCc1cc(OCC)ccc1OCCNC(C)COC. The molecule has 21 heavy (non-hydrogen) atoms. The van der Waals surface area contributed by atoms with Crippen LogP contribution in [0.4, 0.5) is 0 Å². The summed E-state index contributed by atoms with van der Waals surface area (Å²) in [5.74, 6) is 1.76. The highest BCUT2D eigenvalue weighted by molar-refractivity contribution is 5.41. The van der Waals surface area contributed by atoms with Crippen molar-refractivity contribution >= 4 is 0 Å². The number of ether oxygens (including phenoxy) is 3. The van der Waals surface area contributed by atoms with Gasteiger partial charge in [0.2, 0.25) is 0 Å². The predicted octanol–water partition coefficient (Wildman–Crippen LogP) is 2.82. The third-order valence-electron chi connectivity index (χ3n) is 2.98. The first-order valence-electron chi connectivity index (χ1n) is 7.43. The van der Waals surface area contributed by atoms with Crippen molar-refractivity contribution in [2.75, 3.05) is 33.5 Å². The quantitative estimate of drug-likeness (QED) is 0.503. The zero-order valence-corrected chi connectivity index (χ0v) is 13.4. The summed E-state index contributed by atoms with van der Waals surface area (Å²) in [7, 11) is 1.70. The minimum atomic E-state index is 0.326. The largest absolute Gasteiger partial charge is 0.494 e. The van der Waals surface area contributed by atoms with Gasteiger partial charge in [0.1, 0.15) is 18.1 Å². The van der Waals surface area contributed by atoms with E-state index in [1.165, 1.54) is 0 Å². The minimum absolute atomic E-state index is 0.326. The molecule has 0 aromatic heterocycles. The number of allylic oxidation sites excluding steroid dienone is 1. The second-order valence-corrected chi connectivity index (χ2v) is 4.85. The van der Waals surface area contributed by atoms with Crippen molar-refractivity contribution in [3.05, 3.63) is 36.4 Å². The van der Waals surface area contributed by atoms with Crippen molar-refractivity contribution in [2.24, 2.45) is 0 Å². The van der Waals surface area contributed by atoms with E-state index in [2.05, 4.69) is 18.8 Å². The van der Waals surface area contributed by atoms with Gasteiger partial charge in [-0.3, -0.25) is 0 Å². The second kappa shape index (κ2) is 10.2. The van der Waals surface area contributed by atoms with E-state index in [4.69, 9.17) is 14.2 Å². The molecule has 1 rings (SSSR count). The van der Waals surface area contributed by atoms with Crippen molar-refractivity contribution in [1.82, 2.24) is 5.32 Å². The molecule has 4 nitrogen and oxygen atoms in total. The lowest BCUT2D eigenvalue weighted by molar-refractivity contribution is 0.169. The fourth-order valence-electron chi connectivity index (χ4n) is 2.04. The monoisotopic (exact) mass is 293 g/mol. The summed E-state index contributed by atoms with van der Waals surface area (Å²) in [6, 6.07) is 6.24. The molecule has 1 aromatic rings. The maximum Gasteiger partial charge on any atom is 0.123 e. The molecule has 1 atom stereocenters. The van der Waals surface area contributed by atoms with Gasteiger partial charge in [-0.15, -0.1) is 6.58 Å². The van der Waals surface area contributed by atoms with Crippen molar-refractivity contribution in [1.29, 1.82) is 0 Å². The molecule has 1 unspecified atom stereocenters. The van der Waals surface area contributed by atoms with Crippen molar-refractivity contribution in [3.8, 4) is 11.5 Å². The molecule has 0 spiro atoms. The first-order valence-corrected chi connectivity index (χ1v) is 7.43. The zero-order valence-electron chi connectivity index (χ0n) is 13.4. The van der Waals surface area contributed by atoms with E-state index >= 15 is 0 Å². The Bertz CT molecular complexity index is 420. The van der Waals surface area contributed by atoms with Gasteiger partial charge in [0, 0.05) is 25.3 Å². The molecule has 0 radical (unpaired) electrons. The lowest BCUT2D eigenvalue weighted by Crippen LogP contribution is -2.33. The normalized spacial score (nSPS) is 12.0. The summed E-state index contributed by atoms with van der Waals surface area (Å²) < 4.78 is 16.4. The molecule has 0 amide bonds. The Morgan fingerprint density at radius 1 is 1.33 bits per heavy atom. The average Bonchev–Trinajstić information content (AvgIpc) is 2.46. The van der Waals surface area contributed by atoms with Crippen LogP contribution in [0, 0.1) is 0 Å². The van der Waals surface area contributed by atoms with Gasteiger partial charge >= 0.3 is 0 Å². The fourth-order valence-corrected chi connectivity index (χ4v) is 2.04. The molecule has 0 aliphatic rings. The Kier molecular flexibility index (Phi) is 8.55. The summed E-state index contributed by atoms with van der Waals surface area (Å²) in [5.41, 5.74) is 1.10. The van der Waals surface area contributed by atoms with E-state index in [-0.39, 0.29) is 0 Å². The third-order valence-corrected chi connectivity index (χ3v) is 2.98. The van der Waals surface area contributed by atoms with Crippen LogP contribution in [0.2, 0.25) is 0 Å². The minimum Gasteiger partial charge on any atom is -0.494 e. The molecule has 4 heteroatoms. The van der Waals surface area contributed by atoms with Gasteiger partial charge in [-0.1, -0.05) is 6.08 Å². The van der Waals surface area contributed by atoms with Crippen molar-refractivity contribution in [2.45, 2.75) is 26.3 Å². The van der Waals surface area contributed by atoms with Gasteiger partial charge in [-0.25, -0.2) is 0 Å². The zero-order chi connectivity index (χ0) is 15.5. The van der Waals surface area contributed by atoms with E-state index < -0.39 is 0 Å². The third kappa shape index (κ3) is 6.65. The Hall–Kier alpha value is -1.52. The summed E-state index contributed by atoms with van der Waals surface area (Å²) in [4.78, 5) is 0. The molecule has 0 saturated carbocycles. The van der Waals surface area contributed by atoms with Crippen molar-refractivity contribution in [3.63, 3.8) is 0 Å². The number of rotatable bonds is 11. The fraction of sp³-hybridized carbons (Fsp3) is 0.529. The summed E-state index contributed by atoms with van der Waals surface area (Å²) in [5, 5.41) is 3.34. The molecule has 0 heterocycles. The van der Waals surface area contributed by atoms with Crippen LogP contribution < -0.4 is 14.8 Å². The molecular formula is C17H27NO3. The Labute approximate surface area is 128 Å². The first-order chi connectivity index (χ1) is 10.2. The van der Waals surface area contributed by atoms with Crippen LogP contribution in [-0.4, -0.2) is 39.5 Å².